The molecule has 3 rings (SSSR count). The predicted octanol–water partition coefficient (Wildman–Crippen LogP) is 2.11. The molecule has 26 heavy (non-hydrogen) atoms. The van der Waals surface area contributed by atoms with Gasteiger partial charge in [-0.25, -0.2) is 9.48 Å². The molecule has 0 spiro atoms. The topological polar surface area (TPSA) is 68.9 Å². The average molecular weight is 350 g/mol. The summed E-state index contributed by atoms with van der Waals surface area (Å²) in [5.41, 5.74) is 1.60. The zero-order chi connectivity index (χ0) is 18.5. The van der Waals surface area contributed by atoms with Gasteiger partial charge in [0.05, 0.1) is 0 Å². The Morgan fingerprint density at radius 2 is 1.46 bits per heavy atom. The highest BCUT2D eigenvalue weighted by Crippen LogP contribution is 2.27. The predicted molar refractivity (Wildman–Crippen MR) is 103 cm³/mol. The first-order valence-corrected chi connectivity index (χ1v) is 8.56. The van der Waals surface area contributed by atoms with E-state index in [1.807, 2.05) is 36.4 Å². The minimum Gasteiger partial charge on any atom is -0.364 e. The van der Waals surface area contributed by atoms with E-state index >= 15 is 0 Å². The van der Waals surface area contributed by atoms with E-state index in [-0.39, 0.29) is 11.7 Å². The quantitative estimate of drug-likeness (QED) is 0.739. The Bertz CT molecular complexity index is 939. The lowest BCUT2D eigenvalue weighted by molar-refractivity contribution is 0.602. The molecule has 0 aliphatic carbocycles. The Morgan fingerprint density at radius 1 is 0.923 bits per heavy atom. The van der Waals surface area contributed by atoms with Crippen molar-refractivity contribution in [1.82, 2.24) is 14.3 Å². The van der Waals surface area contributed by atoms with E-state index in [4.69, 9.17) is 0 Å². The molecule has 0 aliphatic heterocycles. The van der Waals surface area contributed by atoms with E-state index in [2.05, 4.69) is 34.7 Å². The van der Waals surface area contributed by atoms with Crippen molar-refractivity contribution in [3.63, 3.8) is 0 Å². The van der Waals surface area contributed by atoms with Gasteiger partial charge in [0, 0.05) is 26.6 Å². The van der Waals surface area contributed by atoms with Gasteiger partial charge >= 0.3 is 5.69 Å². The fourth-order valence-corrected chi connectivity index (χ4v) is 3.04. The van der Waals surface area contributed by atoms with Crippen LogP contribution in [0.5, 0.6) is 0 Å². The fraction of sp³-hybridized carbons (Fsp3) is 0.250. The first-order valence-electron chi connectivity index (χ1n) is 8.56. The Kier molecular flexibility index (Phi) is 5.31. The van der Waals surface area contributed by atoms with Gasteiger partial charge in [0.2, 0.25) is 5.82 Å². The number of anilines is 1. The maximum atomic E-state index is 12.2. The number of aryl methyl sites for hydroxylation is 1. The van der Waals surface area contributed by atoms with Crippen LogP contribution in [-0.2, 0) is 14.1 Å². The van der Waals surface area contributed by atoms with Gasteiger partial charge in [-0.3, -0.25) is 9.36 Å². The van der Waals surface area contributed by atoms with Crippen LogP contribution in [0.3, 0.4) is 0 Å². The molecule has 0 aliphatic rings. The Morgan fingerprint density at radius 3 is 2.00 bits per heavy atom. The van der Waals surface area contributed by atoms with Crippen LogP contribution in [0.4, 0.5) is 5.82 Å². The van der Waals surface area contributed by atoms with Gasteiger partial charge < -0.3 is 5.32 Å². The first-order chi connectivity index (χ1) is 12.6. The van der Waals surface area contributed by atoms with Crippen molar-refractivity contribution in [2.24, 2.45) is 14.1 Å². The van der Waals surface area contributed by atoms with Crippen molar-refractivity contribution < 1.29 is 0 Å². The SMILES string of the molecule is Cn1nc(NCCC(c2ccccc2)c2ccccc2)c(=O)n(C)c1=O. The summed E-state index contributed by atoms with van der Waals surface area (Å²) in [4.78, 5) is 23.9. The van der Waals surface area contributed by atoms with Gasteiger partial charge in [-0.05, 0) is 17.5 Å². The molecule has 0 saturated heterocycles. The molecule has 0 bridgehead atoms. The summed E-state index contributed by atoms with van der Waals surface area (Å²) >= 11 is 0. The van der Waals surface area contributed by atoms with E-state index in [0.717, 1.165) is 15.7 Å². The second-order valence-electron chi connectivity index (χ2n) is 6.21. The number of benzene rings is 2. The third-order valence-electron chi connectivity index (χ3n) is 4.45. The maximum Gasteiger partial charge on any atom is 0.346 e. The summed E-state index contributed by atoms with van der Waals surface area (Å²) in [6, 6.07) is 20.6. The molecule has 1 aromatic heterocycles. The number of aromatic nitrogens is 3. The van der Waals surface area contributed by atoms with Crippen LogP contribution < -0.4 is 16.6 Å². The van der Waals surface area contributed by atoms with Gasteiger partial charge in [0.25, 0.3) is 5.56 Å². The number of hydrogen-bond donors (Lipinski definition) is 1. The summed E-state index contributed by atoms with van der Waals surface area (Å²) in [6.45, 7) is 0.564. The van der Waals surface area contributed by atoms with Gasteiger partial charge in [0.15, 0.2) is 0 Å². The molecule has 0 radical (unpaired) electrons. The Labute approximate surface area is 151 Å². The minimum atomic E-state index is -0.438. The zero-order valence-electron chi connectivity index (χ0n) is 14.9. The van der Waals surface area contributed by atoms with Gasteiger partial charge in [-0.2, -0.15) is 0 Å². The lowest BCUT2D eigenvalue weighted by Crippen LogP contribution is -2.40. The number of nitrogens with one attached hydrogen (secondary N) is 1. The molecule has 2 aromatic carbocycles. The molecule has 134 valence electrons. The van der Waals surface area contributed by atoms with Crippen molar-refractivity contribution in [3.05, 3.63) is 92.6 Å². The maximum absolute atomic E-state index is 12.2. The normalized spacial score (nSPS) is 10.9. The smallest absolute Gasteiger partial charge is 0.346 e. The molecule has 6 nitrogen and oxygen atoms in total. The largest absolute Gasteiger partial charge is 0.364 e. The van der Waals surface area contributed by atoms with Crippen LogP contribution in [0.15, 0.2) is 70.3 Å². The standard InChI is InChI=1S/C20H22N4O2/c1-23-19(25)18(22-24(2)20(23)26)21-14-13-17(15-9-5-3-6-10-15)16-11-7-4-8-12-16/h3-12,17H,13-14H2,1-2H3,(H,21,22). The summed E-state index contributed by atoms with van der Waals surface area (Å²) in [5, 5.41) is 7.12. The highest BCUT2D eigenvalue weighted by Gasteiger charge is 2.14. The Hall–Kier alpha value is -3.15. The van der Waals surface area contributed by atoms with Crippen LogP contribution in [0.1, 0.15) is 23.5 Å². The van der Waals surface area contributed by atoms with E-state index < -0.39 is 11.2 Å². The average Bonchev–Trinajstić information content (AvgIpc) is 2.68. The second-order valence-corrected chi connectivity index (χ2v) is 6.21. The van der Waals surface area contributed by atoms with E-state index in [1.165, 1.54) is 25.2 Å². The van der Waals surface area contributed by atoms with Crippen LogP contribution in [0.2, 0.25) is 0 Å². The highest BCUT2D eigenvalue weighted by molar-refractivity contribution is 5.34. The zero-order valence-corrected chi connectivity index (χ0v) is 14.9. The monoisotopic (exact) mass is 350 g/mol. The van der Waals surface area contributed by atoms with Crippen molar-refractivity contribution in [1.29, 1.82) is 0 Å². The highest BCUT2D eigenvalue weighted by atomic mass is 16.2. The third-order valence-corrected chi connectivity index (χ3v) is 4.45. The van der Waals surface area contributed by atoms with Crippen molar-refractivity contribution in [2.45, 2.75) is 12.3 Å². The van der Waals surface area contributed by atoms with Crippen LogP contribution in [0.25, 0.3) is 0 Å². The van der Waals surface area contributed by atoms with Crippen molar-refractivity contribution in [2.75, 3.05) is 11.9 Å². The van der Waals surface area contributed by atoms with Crippen LogP contribution in [0, 0.1) is 0 Å². The van der Waals surface area contributed by atoms with Crippen molar-refractivity contribution >= 4 is 5.82 Å². The molecular formula is C20H22N4O2. The van der Waals surface area contributed by atoms with E-state index in [9.17, 15) is 9.59 Å². The molecule has 3 aromatic rings. The van der Waals surface area contributed by atoms with Crippen molar-refractivity contribution in [3.8, 4) is 0 Å². The molecule has 0 amide bonds. The summed E-state index contributed by atoms with van der Waals surface area (Å²) in [6.07, 6.45) is 0.793. The number of hydrogen-bond acceptors (Lipinski definition) is 4. The summed E-state index contributed by atoms with van der Waals surface area (Å²) < 4.78 is 2.22. The fourth-order valence-electron chi connectivity index (χ4n) is 3.04. The molecule has 0 fully saturated rings. The Balaban J connectivity index is 1.80. The lowest BCUT2D eigenvalue weighted by Gasteiger charge is -2.18. The lowest BCUT2D eigenvalue weighted by atomic mass is 9.88. The molecule has 1 N–H and O–H groups in total. The molecule has 6 heteroatoms. The molecule has 0 atom stereocenters. The third kappa shape index (κ3) is 3.74. The molecule has 1 heterocycles. The summed E-state index contributed by atoms with van der Waals surface area (Å²) in [7, 11) is 2.98. The number of nitrogens with zero attached hydrogens (tertiary/aromatic N) is 3. The van der Waals surface area contributed by atoms with Gasteiger partial charge in [-0.15, -0.1) is 5.10 Å². The van der Waals surface area contributed by atoms with Crippen LogP contribution >= 0.6 is 0 Å². The molecule has 0 unspecified atom stereocenters. The van der Waals surface area contributed by atoms with E-state index in [1.54, 1.807) is 0 Å². The molecular weight excluding hydrogens is 328 g/mol. The van der Waals surface area contributed by atoms with Crippen LogP contribution in [-0.4, -0.2) is 20.9 Å². The summed E-state index contributed by atoms with van der Waals surface area (Å²) in [5.74, 6) is 0.399. The van der Waals surface area contributed by atoms with Gasteiger partial charge in [0.1, 0.15) is 0 Å². The van der Waals surface area contributed by atoms with E-state index in [0.29, 0.717) is 6.54 Å². The molecule has 0 saturated carbocycles. The first kappa shape index (κ1) is 17.7. The minimum absolute atomic E-state index is 0.189. The van der Waals surface area contributed by atoms with Gasteiger partial charge in [-0.1, -0.05) is 60.7 Å². The number of rotatable bonds is 6. The second kappa shape index (κ2) is 7.82.